The molecule has 5 heteroatoms. The lowest BCUT2D eigenvalue weighted by Gasteiger charge is -2.33. The molecule has 24 heavy (non-hydrogen) atoms. The van der Waals surface area contributed by atoms with Gasteiger partial charge in [-0.25, -0.2) is 9.97 Å². The van der Waals surface area contributed by atoms with Gasteiger partial charge in [0.25, 0.3) is 0 Å². The molecule has 0 radical (unpaired) electrons. The molecule has 1 saturated carbocycles. The van der Waals surface area contributed by atoms with Crippen molar-refractivity contribution in [3.05, 3.63) is 36.2 Å². The normalized spacial score (nSPS) is 18.8. The fraction of sp³-hybridized carbons (Fsp3) is 0.526. The molecule has 5 nitrogen and oxygen atoms in total. The van der Waals surface area contributed by atoms with Crippen LogP contribution in [-0.4, -0.2) is 40.1 Å². The third-order valence-corrected chi connectivity index (χ3v) is 4.89. The fourth-order valence-electron chi connectivity index (χ4n) is 3.29. The molecule has 0 unspecified atom stereocenters. The summed E-state index contributed by atoms with van der Waals surface area (Å²) in [4.78, 5) is 16.3. The second kappa shape index (κ2) is 6.85. The molecule has 0 aromatic carbocycles. The van der Waals surface area contributed by atoms with Crippen molar-refractivity contribution in [1.82, 2.24) is 20.3 Å². The van der Waals surface area contributed by atoms with E-state index in [1.54, 1.807) is 6.20 Å². The van der Waals surface area contributed by atoms with Crippen LogP contribution >= 0.6 is 0 Å². The van der Waals surface area contributed by atoms with Crippen LogP contribution in [0.15, 0.2) is 30.5 Å². The highest BCUT2D eigenvalue weighted by Gasteiger charge is 2.27. The van der Waals surface area contributed by atoms with Gasteiger partial charge in [0.05, 0.1) is 0 Å². The second-order valence-corrected chi connectivity index (χ2v) is 6.81. The van der Waals surface area contributed by atoms with E-state index in [1.807, 2.05) is 18.2 Å². The van der Waals surface area contributed by atoms with E-state index in [-0.39, 0.29) is 0 Å². The standard InChI is InChI=1S/C19H25N5/c1-2-14-13-18(23-19(22-14)17-5-3-4-10-20-17)24-11-8-16(9-12-24)21-15-6-7-15/h3-5,10,13,15-16,21H,2,6-9,11-12H2,1H3. The first-order valence-electron chi connectivity index (χ1n) is 9.12. The van der Waals surface area contributed by atoms with Crippen molar-refractivity contribution >= 4 is 5.82 Å². The maximum absolute atomic E-state index is 4.81. The molecule has 1 saturated heterocycles. The zero-order valence-corrected chi connectivity index (χ0v) is 14.3. The number of anilines is 1. The molecule has 0 atom stereocenters. The van der Waals surface area contributed by atoms with E-state index in [1.165, 1.54) is 25.7 Å². The summed E-state index contributed by atoms with van der Waals surface area (Å²) in [5.41, 5.74) is 1.93. The molecular formula is C19H25N5. The molecule has 2 fully saturated rings. The van der Waals surface area contributed by atoms with Crippen LogP contribution in [-0.2, 0) is 6.42 Å². The summed E-state index contributed by atoms with van der Waals surface area (Å²) in [7, 11) is 0. The Kier molecular flexibility index (Phi) is 4.43. The lowest BCUT2D eigenvalue weighted by atomic mass is 10.0. The fourth-order valence-corrected chi connectivity index (χ4v) is 3.29. The summed E-state index contributed by atoms with van der Waals surface area (Å²) in [5, 5.41) is 3.76. The van der Waals surface area contributed by atoms with Gasteiger partial charge in [0.2, 0.25) is 0 Å². The molecule has 2 aliphatic rings. The van der Waals surface area contributed by atoms with Crippen molar-refractivity contribution in [3.63, 3.8) is 0 Å². The third kappa shape index (κ3) is 3.56. The maximum Gasteiger partial charge on any atom is 0.180 e. The summed E-state index contributed by atoms with van der Waals surface area (Å²) < 4.78 is 0. The van der Waals surface area contributed by atoms with E-state index in [2.05, 4.69) is 33.2 Å². The molecule has 3 heterocycles. The molecule has 0 amide bonds. The van der Waals surface area contributed by atoms with Crippen LogP contribution in [0.2, 0.25) is 0 Å². The highest BCUT2D eigenvalue weighted by atomic mass is 15.2. The number of piperidine rings is 1. The van der Waals surface area contributed by atoms with Gasteiger partial charge < -0.3 is 10.2 Å². The predicted octanol–water partition coefficient (Wildman–Crippen LogP) is 2.82. The van der Waals surface area contributed by atoms with Crippen molar-refractivity contribution < 1.29 is 0 Å². The van der Waals surface area contributed by atoms with Crippen molar-refractivity contribution in [2.24, 2.45) is 0 Å². The molecular weight excluding hydrogens is 298 g/mol. The highest BCUT2D eigenvalue weighted by molar-refractivity contribution is 5.54. The molecule has 0 bridgehead atoms. The van der Waals surface area contributed by atoms with Gasteiger partial charge in [0.1, 0.15) is 11.5 Å². The smallest absolute Gasteiger partial charge is 0.180 e. The molecule has 0 spiro atoms. The quantitative estimate of drug-likeness (QED) is 0.917. The topological polar surface area (TPSA) is 53.9 Å². The summed E-state index contributed by atoms with van der Waals surface area (Å²) >= 11 is 0. The number of hydrogen-bond donors (Lipinski definition) is 1. The van der Waals surface area contributed by atoms with Gasteiger partial charge in [0.15, 0.2) is 5.82 Å². The largest absolute Gasteiger partial charge is 0.356 e. The van der Waals surface area contributed by atoms with Crippen LogP contribution in [0.3, 0.4) is 0 Å². The van der Waals surface area contributed by atoms with E-state index >= 15 is 0 Å². The van der Waals surface area contributed by atoms with Gasteiger partial charge in [-0.15, -0.1) is 0 Å². The van der Waals surface area contributed by atoms with Crippen molar-refractivity contribution in [2.45, 2.75) is 51.1 Å². The van der Waals surface area contributed by atoms with Gasteiger partial charge in [-0.05, 0) is 44.2 Å². The first-order chi connectivity index (χ1) is 11.8. The second-order valence-electron chi connectivity index (χ2n) is 6.81. The summed E-state index contributed by atoms with van der Waals surface area (Å²) in [5.74, 6) is 1.79. The Morgan fingerprint density at radius 1 is 1.08 bits per heavy atom. The molecule has 1 aliphatic carbocycles. The SMILES string of the molecule is CCc1cc(N2CCC(NC3CC3)CC2)nc(-c2ccccn2)n1. The lowest BCUT2D eigenvalue weighted by molar-refractivity contribution is 0.411. The van der Waals surface area contributed by atoms with E-state index < -0.39 is 0 Å². The van der Waals surface area contributed by atoms with E-state index in [4.69, 9.17) is 4.98 Å². The average molecular weight is 323 g/mol. The summed E-state index contributed by atoms with van der Waals surface area (Å²) in [6.45, 7) is 4.26. The number of rotatable bonds is 5. The summed E-state index contributed by atoms with van der Waals surface area (Å²) in [6.07, 6.45) is 7.82. The van der Waals surface area contributed by atoms with Crippen LogP contribution in [0, 0.1) is 0 Å². The molecule has 1 N–H and O–H groups in total. The van der Waals surface area contributed by atoms with Crippen LogP contribution in [0.5, 0.6) is 0 Å². The minimum Gasteiger partial charge on any atom is -0.356 e. The Morgan fingerprint density at radius 2 is 1.88 bits per heavy atom. The van der Waals surface area contributed by atoms with Crippen LogP contribution in [0.4, 0.5) is 5.82 Å². The zero-order chi connectivity index (χ0) is 16.4. The van der Waals surface area contributed by atoms with Crippen molar-refractivity contribution in [2.75, 3.05) is 18.0 Å². The van der Waals surface area contributed by atoms with Crippen LogP contribution in [0.1, 0.15) is 38.3 Å². The average Bonchev–Trinajstić information content (AvgIpc) is 3.47. The third-order valence-electron chi connectivity index (χ3n) is 4.89. The number of aryl methyl sites for hydroxylation is 1. The molecule has 126 valence electrons. The molecule has 4 rings (SSSR count). The summed E-state index contributed by atoms with van der Waals surface area (Å²) in [6, 6.07) is 9.50. The Balaban J connectivity index is 1.52. The monoisotopic (exact) mass is 323 g/mol. The number of nitrogens with one attached hydrogen (secondary N) is 1. The molecule has 2 aromatic rings. The number of hydrogen-bond acceptors (Lipinski definition) is 5. The van der Waals surface area contributed by atoms with Crippen LogP contribution < -0.4 is 10.2 Å². The first-order valence-corrected chi connectivity index (χ1v) is 9.12. The number of aromatic nitrogens is 3. The Morgan fingerprint density at radius 3 is 2.54 bits per heavy atom. The Labute approximate surface area is 143 Å². The van der Waals surface area contributed by atoms with E-state index in [0.717, 1.165) is 48.6 Å². The van der Waals surface area contributed by atoms with Gasteiger partial charge in [-0.1, -0.05) is 13.0 Å². The van der Waals surface area contributed by atoms with E-state index in [9.17, 15) is 0 Å². The Hall–Kier alpha value is -2.01. The molecule has 1 aliphatic heterocycles. The zero-order valence-electron chi connectivity index (χ0n) is 14.3. The van der Waals surface area contributed by atoms with Gasteiger partial charge in [0, 0.05) is 43.1 Å². The lowest BCUT2D eigenvalue weighted by Crippen LogP contribution is -2.43. The van der Waals surface area contributed by atoms with Crippen molar-refractivity contribution in [1.29, 1.82) is 0 Å². The van der Waals surface area contributed by atoms with E-state index in [0.29, 0.717) is 6.04 Å². The van der Waals surface area contributed by atoms with Gasteiger partial charge >= 0.3 is 0 Å². The predicted molar refractivity (Wildman–Crippen MR) is 96.0 cm³/mol. The minimum absolute atomic E-state index is 0.677. The number of pyridine rings is 1. The van der Waals surface area contributed by atoms with Gasteiger partial charge in [-0.2, -0.15) is 0 Å². The van der Waals surface area contributed by atoms with Crippen LogP contribution in [0.25, 0.3) is 11.5 Å². The maximum atomic E-state index is 4.81. The number of nitrogens with zero attached hydrogens (tertiary/aromatic N) is 4. The molecule has 2 aromatic heterocycles. The minimum atomic E-state index is 0.677. The van der Waals surface area contributed by atoms with Crippen molar-refractivity contribution in [3.8, 4) is 11.5 Å². The highest BCUT2D eigenvalue weighted by Crippen LogP contribution is 2.25. The first kappa shape index (κ1) is 15.5. The van der Waals surface area contributed by atoms with Gasteiger partial charge in [-0.3, -0.25) is 4.98 Å². The Bertz CT molecular complexity index is 675.